The van der Waals surface area contributed by atoms with E-state index in [1.54, 1.807) is 0 Å². The molecule has 0 aromatic rings. The van der Waals surface area contributed by atoms with Gasteiger partial charge in [-0.25, -0.2) is 0 Å². The Balaban J connectivity index is 2.00. The lowest BCUT2D eigenvalue weighted by atomic mass is 11.2. The fourth-order valence-corrected chi connectivity index (χ4v) is 0.244. The topological polar surface area (TPSA) is 42.5 Å². The van der Waals surface area contributed by atoms with Crippen LogP contribution in [0, 0.1) is 0 Å². The van der Waals surface area contributed by atoms with Gasteiger partial charge in [-0.1, -0.05) is 0 Å². The lowest BCUT2D eigenvalue weighted by molar-refractivity contribution is -0.162. The van der Waals surface area contributed by atoms with Crippen LogP contribution in [0.25, 0.3) is 0 Å². The van der Waals surface area contributed by atoms with Crippen LogP contribution in [0.4, 0.5) is 0 Å². The van der Waals surface area contributed by atoms with Crippen LogP contribution in [0.1, 0.15) is 0 Å². The van der Waals surface area contributed by atoms with Crippen molar-refractivity contribution in [3.05, 3.63) is 0 Å². The second-order valence-electron chi connectivity index (χ2n) is 0.866. The zero-order valence-electron chi connectivity index (χ0n) is 3.23. The highest BCUT2D eigenvalue weighted by molar-refractivity contribution is 4.15. The van der Waals surface area contributed by atoms with Crippen molar-refractivity contribution in [3.8, 4) is 0 Å². The molecule has 2 N–H and O–H groups in total. The van der Waals surface area contributed by atoms with Gasteiger partial charge in [0.2, 0.25) is 0 Å². The highest BCUT2D eigenvalue weighted by Gasteiger charge is 1.91. The minimum Gasteiger partial charge on any atom is -0.282 e. The molecule has 0 aromatic carbocycles. The van der Waals surface area contributed by atoms with Crippen LogP contribution < -0.4 is 11.0 Å². The van der Waals surface area contributed by atoms with Crippen molar-refractivity contribution in [2.24, 2.45) is 0 Å². The van der Waals surface area contributed by atoms with E-state index in [0.29, 0.717) is 13.5 Å². The summed E-state index contributed by atoms with van der Waals surface area (Å²) in [6.45, 7) is 0.833. The summed E-state index contributed by atoms with van der Waals surface area (Å²) in [5, 5.41) is 0. The molecule has 1 aliphatic heterocycles. The van der Waals surface area contributed by atoms with E-state index in [1.165, 1.54) is 0 Å². The van der Waals surface area contributed by atoms with Crippen molar-refractivity contribution in [3.63, 3.8) is 0 Å². The Morgan fingerprint density at radius 2 is 1.50 bits per heavy atom. The van der Waals surface area contributed by atoms with Crippen molar-refractivity contribution < 1.29 is 9.68 Å². The smallest absolute Gasteiger partial charge is 0.141 e. The fourth-order valence-electron chi connectivity index (χ4n) is 0.244. The summed E-state index contributed by atoms with van der Waals surface area (Å²) < 4.78 is 0. The molecule has 1 rings (SSSR count). The molecule has 0 aromatic heterocycles. The lowest BCUT2D eigenvalue weighted by Gasteiger charge is -2.11. The third-order valence-corrected chi connectivity index (χ3v) is 0.466. The summed E-state index contributed by atoms with van der Waals surface area (Å²) in [5.74, 6) is 0. The van der Waals surface area contributed by atoms with E-state index in [0.717, 1.165) is 0 Å². The Hall–Kier alpha value is -0.160. The number of hydrogen-bond donors (Lipinski definition) is 2. The van der Waals surface area contributed by atoms with Gasteiger partial charge >= 0.3 is 0 Å². The quantitative estimate of drug-likeness (QED) is 0.398. The monoisotopic (exact) mass is 90.0 g/mol. The van der Waals surface area contributed by atoms with Crippen molar-refractivity contribution in [2.75, 3.05) is 13.5 Å². The summed E-state index contributed by atoms with van der Waals surface area (Å²) in [6.07, 6.45) is 0. The SMILES string of the molecule is C1NOCNO1. The summed E-state index contributed by atoms with van der Waals surface area (Å²) in [7, 11) is 0. The first-order valence-corrected chi connectivity index (χ1v) is 1.69. The third-order valence-electron chi connectivity index (χ3n) is 0.466. The third kappa shape index (κ3) is 0.908. The van der Waals surface area contributed by atoms with Gasteiger partial charge in [0.15, 0.2) is 0 Å². The summed E-state index contributed by atoms with van der Waals surface area (Å²) >= 11 is 0. The standard InChI is InChI=1S/C2H6N2O2/c1-3-6-2-4-5-1/h3-4H,1-2H2. The maximum Gasteiger partial charge on any atom is 0.141 e. The van der Waals surface area contributed by atoms with Gasteiger partial charge in [-0.3, -0.25) is 9.68 Å². The minimum atomic E-state index is 0.417. The molecule has 1 saturated heterocycles. The zero-order valence-corrected chi connectivity index (χ0v) is 3.23. The predicted octanol–water partition coefficient (Wildman–Crippen LogP) is -1.04. The number of rotatable bonds is 0. The van der Waals surface area contributed by atoms with E-state index in [2.05, 4.69) is 20.6 Å². The first kappa shape index (κ1) is 4.01. The molecular weight excluding hydrogens is 84.0 g/mol. The molecule has 4 nitrogen and oxygen atoms in total. The van der Waals surface area contributed by atoms with Crippen molar-refractivity contribution in [1.29, 1.82) is 0 Å². The van der Waals surface area contributed by atoms with Gasteiger partial charge in [-0.15, -0.1) is 0 Å². The van der Waals surface area contributed by atoms with Crippen molar-refractivity contribution in [2.45, 2.75) is 0 Å². The first-order chi connectivity index (χ1) is 3.00. The normalized spacial score (nSPS) is 24.0. The fraction of sp³-hybridized carbons (Fsp3) is 1.00. The van der Waals surface area contributed by atoms with Crippen LogP contribution in [0.15, 0.2) is 0 Å². The van der Waals surface area contributed by atoms with Crippen molar-refractivity contribution in [1.82, 2.24) is 11.0 Å². The van der Waals surface area contributed by atoms with E-state index < -0.39 is 0 Å². The molecule has 0 spiro atoms. The van der Waals surface area contributed by atoms with Crippen LogP contribution >= 0.6 is 0 Å². The minimum absolute atomic E-state index is 0.417. The van der Waals surface area contributed by atoms with Gasteiger partial charge < -0.3 is 0 Å². The lowest BCUT2D eigenvalue weighted by Crippen LogP contribution is -2.35. The van der Waals surface area contributed by atoms with E-state index in [9.17, 15) is 0 Å². The Kier molecular flexibility index (Phi) is 1.40. The molecule has 1 fully saturated rings. The number of hydrogen-bond acceptors (Lipinski definition) is 4. The van der Waals surface area contributed by atoms with Gasteiger partial charge in [0, 0.05) is 0 Å². The summed E-state index contributed by atoms with van der Waals surface area (Å²) in [4.78, 5) is 9.17. The molecule has 4 heteroatoms. The van der Waals surface area contributed by atoms with Gasteiger partial charge in [0.25, 0.3) is 0 Å². The molecule has 0 aliphatic carbocycles. The number of nitrogens with one attached hydrogen (secondary N) is 2. The van der Waals surface area contributed by atoms with Crippen LogP contribution in [0.2, 0.25) is 0 Å². The van der Waals surface area contributed by atoms with Crippen LogP contribution in [0.5, 0.6) is 0 Å². The van der Waals surface area contributed by atoms with E-state index in [4.69, 9.17) is 0 Å². The average Bonchev–Trinajstić information content (AvgIpc) is 1.72. The van der Waals surface area contributed by atoms with Gasteiger partial charge in [0.05, 0.1) is 0 Å². The molecule has 1 aliphatic rings. The molecule has 0 amide bonds. The molecule has 0 atom stereocenters. The molecule has 36 valence electrons. The first-order valence-electron chi connectivity index (χ1n) is 1.69. The molecule has 0 bridgehead atoms. The zero-order chi connectivity index (χ0) is 4.24. The number of hydroxylamine groups is 2. The van der Waals surface area contributed by atoms with Crippen molar-refractivity contribution >= 4 is 0 Å². The highest BCUT2D eigenvalue weighted by Crippen LogP contribution is 1.70. The molecule has 0 saturated carbocycles. The maximum absolute atomic E-state index is 4.58. The van der Waals surface area contributed by atoms with E-state index in [-0.39, 0.29) is 0 Å². The second-order valence-corrected chi connectivity index (χ2v) is 0.866. The largest absolute Gasteiger partial charge is 0.282 e. The Labute approximate surface area is 35.3 Å². The molecule has 0 unspecified atom stereocenters. The van der Waals surface area contributed by atoms with Gasteiger partial charge in [-0.05, 0) is 0 Å². The second kappa shape index (κ2) is 2.09. The molecule has 6 heavy (non-hydrogen) atoms. The van der Waals surface area contributed by atoms with Gasteiger partial charge in [-0.2, -0.15) is 11.0 Å². The molecular formula is C2H6N2O2. The average molecular weight is 90.1 g/mol. The maximum atomic E-state index is 4.58. The van der Waals surface area contributed by atoms with Crippen LogP contribution in [-0.2, 0) is 9.68 Å². The van der Waals surface area contributed by atoms with Crippen LogP contribution in [0.3, 0.4) is 0 Å². The Morgan fingerprint density at radius 3 is 1.67 bits per heavy atom. The summed E-state index contributed by atoms with van der Waals surface area (Å²) in [6, 6.07) is 0. The van der Waals surface area contributed by atoms with E-state index in [1.807, 2.05) is 0 Å². The van der Waals surface area contributed by atoms with Crippen LogP contribution in [-0.4, -0.2) is 13.5 Å². The molecule has 0 radical (unpaired) electrons. The molecule has 1 heterocycles. The summed E-state index contributed by atoms with van der Waals surface area (Å²) in [5.41, 5.74) is 5.00. The van der Waals surface area contributed by atoms with Gasteiger partial charge in [0.1, 0.15) is 13.5 Å². The Morgan fingerprint density at radius 1 is 1.00 bits per heavy atom. The highest BCUT2D eigenvalue weighted by atomic mass is 16.8. The predicted molar refractivity (Wildman–Crippen MR) is 18.2 cm³/mol. The van der Waals surface area contributed by atoms with E-state index >= 15 is 0 Å². The Bertz CT molecular complexity index is 25.0.